The molecule has 3 aromatic rings. The molecule has 4 rings (SSSR count). The maximum atomic E-state index is 5.99. The minimum Gasteiger partial charge on any atom is -0.497 e. The van der Waals surface area contributed by atoms with Gasteiger partial charge in [-0.2, -0.15) is 0 Å². The zero-order chi connectivity index (χ0) is 18.7. The molecule has 0 amide bonds. The highest BCUT2D eigenvalue weighted by atomic mass is 35.5. The fourth-order valence-corrected chi connectivity index (χ4v) is 3.78. The highest BCUT2D eigenvalue weighted by Crippen LogP contribution is 2.37. The van der Waals surface area contributed by atoms with Crippen molar-refractivity contribution in [3.05, 3.63) is 59.1 Å². The first-order chi connectivity index (χ1) is 13.2. The van der Waals surface area contributed by atoms with E-state index in [9.17, 15) is 0 Å². The largest absolute Gasteiger partial charge is 0.497 e. The molecular weight excluding hydrogens is 388 g/mol. The lowest BCUT2D eigenvalue weighted by Crippen LogP contribution is -2.30. The smallest absolute Gasteiger partial charge is 0.277 e. The quantitative estimate of drug-likeness (QED) is 0.564. The molecule has 27 heavy (non-hydrogen) atoms. The molecule has 1 aromatic heterocycles. The first-order valence-electron chi connectivity index (χ1n) is 8.33. The Labute approximate surface area is 165 Å². The Kier molecular flexibility index (Phi) is 5.36. The maximum Gasteiger partial charge on any atom is 0.277 e. The van der Waals surface area contributed by atoms with Gasteiger partial charge in [-0.25, -0.2) is 0 Å². The predicted molar refractivity (Wildman–Crippen MR) is 102 cm³/mol. The Morgan fingerprint density at radius 1 is 1.04 bits per heavy atom. The molecule has 0 spiro atoms. The Balaban J connectivity index is 1.48. The van der Waals surface area contributed by atoms with E-state index >= 15 is 0 Å². The van der Waals surface area contributed by atoms with Crippen LogP contribution in [0.15, 0.2) is 58.2 Å². The summed E-state index contributed by atoms with van der Waals surface area (Å²) in [6, 6.07) is 14.9. The first kappa shape index (κ1) is 18.3. The number of nitrogens with zero attached hydrogens (tertiary/aromatic N) is 2. The molecule has 1 saturated heterocycles. The number of halogens is 1. The van der Waals surface area contributed by atoms with Gasteiger partial charge in [0, 0.05) is 16.1 Å². The number of thioether (sulfide) groups is 1. The fraction of sp³-hybridized carbons (Fsp3) is 0.263. The van der Waals surface area contributed by atoms with E-state index in [0.29, 0.717) is 35.1 Å². The lowest BCUT2D eigenvalue weighted by molar-refractivity contribution is -0.145. The molecule has 1 aliphatic rings. The Bertz CT molecular complexity index is 893. The third kappa shape index (κ3) is 3.96. The predicted octanol–water partition coefficient (Wildman–Crippen LogP) is 4.39. The molecule has 0 aliphatic carbocycles. The van der Waals surface area contributed by atoms with Crippen LogP contribution in [0.3, 0.4) is 0 Å². The minimum absolute atomic E-state index is 0.452. The zero-order valence-electron chi connectivity index (χ0n) is 14.6. The van der Waals surface area contributed by atoms with Crippen LogP contribution in [0, 0.1) is 0 Å². The van der Waals surface area contributed by atoms with E-state index < -0.39 is 5.79 Å². The van der Waals surface area contributed by atoms with E-state index in [4.69, 9.17) is 30.2 Å². The summed E-state index contributed by atoms with van der Waals surface area (Å²) in [5, 5.41) is 9.35. The highest BCUT2D eigenvalue weighted by Gasteiger charge is 2.39. The van der Waals surface area contributed by atoms with Crippen molar-refractivity contribution < 1.29 is 18.6 Å². The van der Waals surface area contributed by atoms with Gasteiger partial charge in [0.05, 0.1) is 26.1 Å². The van der Waals surface area contributed by atoms with E-state index in [1.807, 2.05) is 48.5 Å². The summed E-state index contributed by atoms with van der Waals surface area (Å²) in [6.07, 6.45) is 0. The van der Waals surface area contributed by atoms with E-state index in [-0.39, 0.29) is 0 Å². The summed E-state index contributed by atoms with van der Waals surface area (Å²) < 4.78 is 22.8. The Morgan fingerprint density at radius 3 is 2.41 bits per heavy atom. The van der Waals surface area contributed by atoms with Crippen molar-refractivity contribution in [1.29, 1.82) is 0 Å². The molecule has 0 atom stereocenters. The van der Waals surface area contributed by atoms with Gasteiger partial charge in [-0.3, -0.25) is 0 Å². The number of ether oxygens (including phenoxy) is 3. The van der Waals surface area contributed by atoms with Crippen molar-refractivity contribution in [2.24, 2.45) is 0 Å². The van der Waals surface area contributed by atoms with Crippen molar-refractivity contribution in [1.82, 2.24) is 10.2 Å². The van der Waals surface area contributed by atoms with Gasteiger partial charge in [-0.05, 0) is 36.4 Å². The van der Waals surface area contributed by atoms with Gasteiger partial charge in [-0.15, -0.1) is 10.2 Å². The normalized spacial score (nSPS) is 15.8. The summed E-state index contributed by atoms with van der Waals surface area (Å²) >= 11 is 7.38. The number of hydrogen-bond donors (Lipinski definition) is 0. The number of hydrogen-bond acceptors (Lipinski definition) is 7. The Hall–Kier alpha value is -2.06. The van der Waals surface area contributed by atoms with E-state index in [0.717, 1.165) is 16.9 Å². The summed E-state index contributed by atoms with van der Waals surface area (Å²) in [5.41, 5.74) is 1.74. The SMILES string of the molecule is COc1ccc(-c2nnc(SCC3(c4ccc(Cl)cc4)OCCO3)o2)cc1. The number of aromatic nitrogens is 2. The second-order valence-electron chi connectivity index (χ2n) is 5.85. The van der Waals surface area contributed by atoms with E-state index in [1.165, 1.54) is 11.8 Å². The molecule has 1 aliphatic heterocycles. The molecular formula is C19H17ClN2O4S. The summed E-state index contributed by atoms with van der Waals surface area (Å²) in [5.74, 6) is 0.866. The molecule has 6 nitrogen and oxygen atoms in total. The second-order valence-corrected chi connectivity index (χ2v) is 7.21. The minimum atomic E-state index is -0.843. The number of rotatable bonds is 6. The average molecular weight is 405 g/mol. The molecule has 2 aromatic carbocycles. The summed E-state index contributed by atoms with van der Waals surface area (Å²) in [7, 11) is 1.63. The van der Waals surface area contributed by atoms with Crippen LogP contribution in [0.4, 0.5) is 0 Å². The van der Waals surface area contributed by atoms with Crippen LogP contribution >= 0.6 is 23.4 Å². The maximum absolute atomic E-state index is 5.99. The van der Waals surface area contributed by atoms with Gasteiger partial charge in [-0.1, -0.05) is 35.5 Å². The van der Waals surface area contributed by atoms with Crippen LogP contribution in [0.25, 0.3) is 11.5 Å². The van der Waals surface area contributed by atoms with Gasteiger partial charge >= 0.3 is 0 Å². The van der Waals surface area contributed by atoms with Gasteiger partial charge in [0.25, 0.3) is 5.22 Å². The van der Waals surface area contributed by atoms with Crippen LogP contribution in [0.5, 0.6) is 5.75 Å². The van der Waals surface area contributed by atoms with Gasteiger partial charge < -0.3 is 18.6 Å². The molecule has 140 valence electrons. The number of methoxy groups -OCH3 is 1. The van der Waals surface area contributed by atoms with E-state index in [2.05, 4.69) is 10.2 Å². The Morgan fingerprint density at radius 2 is 1.74 bits per heavy atom. The lowest BCUT2D eigenvalue weighted by Gasteiger charge is -2.26. The van der Waals surface area contributed by atoms with Gasteiger partial charge in [0.2, 0.25) is 11.7 Å². The average Bonchev–Trinajstić information content (AvgIpc) is 3.37. The molecule has 0 unspecified atom stereocenters. The second kappa shape index (κ2) is 7.90. The highest BCUT2D eigenvalue weighted by molar-refractivity contribution is 7.99. The lowest BCUT2D eigenvalue weighted by atomic mass is 10.1. The molecule has 2 heterocycles. The molecule has 1 fully saturated rings. The molecule has 0 bridgehead atoms. The van der Waals surface area contributed by atoms with Crippen LogP contribution in [-0.2, 0) is 15.3 Å². The zero-order valence-corrected chi connectivity index (χ0v) is 16.1. The molecule has 0 radical (unpaired) electrons. The standard InChI is InChI=1S/C19H17ClN2O4S/c1-23-16-8-2-13(3-9-16)17-21-22-18(26-17)27-12-19(24-10-11-25-19)14-4-6-15(20)7-5-14/h2-9H,10-12H2,1H3. The van der Waals surface area contributed by atoms with Crippen molar-refractivity contribution in [2.45, 2.75) is 11.0 Å². The summed E-state index contributed by atoms with van der Waals surface area (Å²) in [6.45, 7) is 1.06. The van der Waals surface area contributed by atoms with Crippen molar-refractivity contribution in [3.8, 4) is 17.2 Å². The van der Waals surface area contributed by atoms with Crippen LogP contribution in [-0.4, -0.2) is 36.3 Å². The summed E-state index contributed by atoms with van der Waals surface area (Å²) in [4.78, 5) is 0. The van der Waals surface area contributed by atoms with Crippen molar-refractivity contribution >= 4 is 23.4 Å². The first-order valence-corrected chi connectivity index (χ1v) is 9.70. The van der Waals surface area contributed by atoms with Gasteiger partial charge in [0.1, 0.15) is 5.75 Å². The van der Waals surface area contributed by atoms with Crippen molar-refractivity contribution in [2.75, 3.05) is 26.1 Å². The molecule has 8 heteroatoms. The topological polar surface area (TPSA) is 66.6 Å². The third-order valence-electron chi connectivity index (χ3n) is 4.17. The fourth-order valence-electron chi connectivity index (χ4n) is 2.77. The van der Waals surface area contributed by atoms with Gasteiger partial charge in [0.15, 0.2) is 0 Å². The van der Waals surface area contributed by atoms with Crippen LogP contribution < -0.4 is 4.74 Å². The van der Waals surface area contributed by atoms with Crippen molar-refractivity contribution in [3.63, 3.8) is 0 Å². The number of benzene rings is 2. The van der Waals surface area contributed by atoms with Crippen LogP contribution in [0.2, 0.25) is 5.02 Å². The third-order valence-corrected chi connectivity index (χ3v) is 5.36. The molecule has 0 saturated carbocycles. The van der Waals surface area contributed by atoms with E-state index in [1.54, 1.807) is 7.11 Å². The monoisotopic (exact) mass is 404 g/mol. The molecule has 0 N–H and O–H groups in total. The van der Waals surface area contributed by atoms with Crippen LogP contribution in [0.1, 0.15) is 5.56 Å².